The first-order valence-electron chi connectivity index (χ1n) is 5.76. The van der Waals surface area contributed by atoms with Crippen LogP contribution in [0, 0.1) is 0 Å². The van der Waals surface area contributed by atoms with E-state index >= 15 is 0 Å². The predicted molar refractivity (Wildman–Crippen MR) is 82.3 cm³/mol. The van der Waals surface area contributed by atoms with Crippen LogP contribution in [0.5, 0.6) is 17.2 Å². The summed E-state index contributed by atoms with van der Waals surface area (Å²) in [4.78, 5) is 26.3. The van der Waals surface area contributed by atoms with E-state index < -0.39 is 11.2 Å². The Balaban J connectivity index is 3.26. The van der Waals surface area contributed by atoms with Crippen molar-refractivity contribution in [3.05, 3.63) is 16.3 Å². The third-order valence-corrected chi connectivity index (χ3v) is 3.17. The van der Waals surface area contributed by atoms with Crippen molar-refractivity contribution in [2.45, 2.75) is 0 Å². The van der Waals surface area contributed by atoms with Crippen LogP contribution in [-0.2, 0) is 0 Å². The maximum Gasteiger partial charge on any atom is 0.237 e. The molecule has 11 nitrogen and oxygen atoms in total. The highest BCUT2D eigenvalue weighted by atomic mass is 16.7. The van der Waals surface area contributed by atoms with Crippen LogP contribution >= 0.6 is 0 Å². The fraction of sp³-hybridized carbons (Fsp3) is 0. The number of rotatable bonds is 3. The molecule has 118 valence electrons. The van der Waals surface area contributed by atoms with Crippen molar-refractivity contribution < 1.29 is 14.5 Å². The molecule has 2 aromatic carbocycles. The fourth-order valence-corrected chi connectivity index (χ4v) is 2.08. The van der Waals surface area contributed by atoms with Gasteiger partial charge in [-0.3, -0.25) is 4.79 Å². The van der Waals surface area contributed by atoms with Crippen molar-refractivity contribution in [3.63, 3.8) is 0 Å². The maximum absolute atomic E-state index is 12.6. The lowest BCUT2D eigenvalue weighted by Gasteiger charge is -2.13. The highest BCUT2D eigenvalue weighted by Gasteiger charge is 2.24. The standard InChI is InChI=1S/C11H15N7O4/c12-3-1-2-4(8(19)10(21-17)6(3)14)9(20-16)11(22-18)7(15)5(2)13/h1H,12-18H2. The average molecular weight is 309 g/mol. The second-order valence-corrected chi connectivity index (χ2v) is 4.30. The monoisotopic (exact) mass is 309 g/mol. The molecule has 0 radical (unpaired) electrons. The quantitative estimate of drug-likeness (QED) is 0.249. The molecule has 2 aromatic rings. The number of nitrogens with two attached hydrogens (primary N) is 7. The van der Waals surface area contributed by atoms with E-state index in [4.69, 9.17) is 40.6 Å². The summed E-state index contributed by atoms with van der Waals surface area (Å²) < 4.78 is 0. The smallest absolute Gasteiger partial charge is 0.237 e. The second-order valence-electron chi connectivity index (χ2n) is 4.30. The Labute approximate surface area is 123 Å². The van der Waals surface area contributed by atoms with Gasteiger partial charge in [-0.15, -0.1) is 0 Å². The molecule has 0 spiro atoms. The van der Waals surface area contributed by atoms with Crippen LogP contribution in [-0.4, -0.2) is 0 Å². The molecule has 0 saturated heterocycles. The van der Waals surface area contributed by atoms with Gasteiger partial charge in [-0.05, 0) is 6.07 Å². The summed E-state index contributed by atoms with van der Waals surface area (Å²) in [6.07, 6.45) is 0. The molecule has 0 fully saturated rings. The minimum atomic E-state index is -0.780. The molecular formula is C11H15N7O4. The van der Waals surface area contributed by atoms with Crippen molar-refractivity contribution in [3.8, 4) is 17.2 Å². The molecule has 0 unspecified atom stereocenters. The zero-order valence-corrected chi connectivity index (χ0v) is 11.3. The van der Waals surface area contributed by atoms with Gasteiger partial charge in [-0.2, -0.15) is 17.7 Å². The third-order valence-electron chi connectivity index (χ3n) is 3.17. The Kier molecular flexibility index (Phi) is 3.69. The van der Waals surface area contributed by atoms with Gasteiger partial charge in [0.05, 0.1) is 16.8 Å². The Hall–Kier alpha value is -3.15. The lowest BCUT2D eigenvalue weighted by molar-refractivity contribution is 0.285. The molecule has 0 atom stereocenters. The van der Waals surface area contributed by atoms with E-state index in [9.17, 15) is 4.79 Å². The van der Waals surface area contributed by atoms with Crippen molar-refractivity contribution >= 4 is 33.5 Å². The molecule has 0 saturated carbocycles. The van der Waals surface area contributed by atoms with Gasteiger partial charge in [0.2, 0.25) is 22.7 Å². The molecule has 0 aliphatic heterocycles. The summed E-state index contributed by atoms with van der Waals surface area (Å²) >= 11 is 0. The summed E-state index contributed by atoms with van der Waals surface area (Å²) in [5.74, 6) is 14.5. The number of nitrogen functional groups attached to an aromatic ring is 4. The van der Waals surface area contributed by atoms with Crippen LogP contribution in [0.4, 0.5) is 22.7 Å². The van der Waals surface area contributed by atoms with Gasteiger partial charge < -0.3 is 37.4 Å². The van der Waals surface area contributed by atoms with Gasteiger partial charge in [-0.1, -0.05) is 0 Å². The number of hydrogen-bond donors (Lipinski definition) is 7. The van der Waals surface area contributed by atoms with Gasteiger partial charge in [0.1, 0.15) is 11.4 Å². The molecule has 0 amide bonds. The summed E-state index contributed by atoms with van der Waals surface area (Å²) in [6.45, 7) is 0. The molecule has 0 aromatic heterocycles. The van der Waals surface area contributed by atoms with Crippen molar-refractivity contribution in [1.29, 1.82) is 0 Å². The van der Waals surface area contributed by atoms with E-state index in [0.717, 1.165) is 0 Å². The van der Waals surface area contributed by atoms with E-state index in [1.807, 2.05) is 0 Å². The summed E-state index contributed by atoms with van der Waals surface area (Å²) in [7, 11) is 0. The van der Waals surface area contributed by atoms with E-state index in [0.29, 0.717) is 0 Å². The van der Waals surface area contributed by atoms with Crippen LogP contribution in [0.3, 0.4) is 0 Å². The van der Waals surface area contributed by atoms with Gasteiger partial charge >= 0.3 is 0 Å². The molecule has 11 heteroatoms. The van der Waals surface area contributed by atoms with Crippen LogP contribution in [0.25, 0.3) is 10.8 Å². The maximum atomic E-state index is 12.6. The van der Waals surface area contributed by atoms with Gasteiger partial charge in [0, 0.05) is 5.39 Å². The predicted octanol–water partition coefficient (Wildman–Crippen LogP) is -1.71. The lowest BCUT2D eigenvalue weighted by atomic mass is 10.1. The normalized spacial score (nSPS) is 10.5. The first-order valence-corrected chi connectivity index (χ1v) is 5.76. The zero-order chi connectivity index (χ0) is 16.6. The molecule has 14 N–H and O–H groups in total. The first kappa shape index (κ1) is 15.2. The third kappa shape index (κ3) is 1.93. The fourth-order valence-electron chi connectivity index (χ4n) is 2.08. The number of benzene rings is 1. The number of anilines is 4. The molecule has 0 bridgehead atoms. The molecule has 0 heterocycles. The van der Waals surface area contributed by atoms with Gasteiger partial charge in [0.15, 0.2) is 0 Å². The van der Waals surface area contributed by atoms with Crippen LogP contribution in [0.2, 0.25) is 0 Å². The zero-order valence-electron chi connectivity index (χ0n) is 11.3. The topological polar surface area (TPSA) is 227 Å². The molecule has 22 heavy (non-hydrogen) atoms. The SMILES string of the molecule is NOc1c(N)c(N)c2cc(N)c(N)c(ON)c(=O)c2c1ON. The van der Waals surface area contributed by atoms with Crippen molar-refractivity contribution in [1.82, 2.24) is 0 Å². The second kappa shape index (κ2) is 5.33. The number of hydrogen-bond acceptors (Lipinski definition) is 11. The van der Waals surface area contributed by atoms with Gasteiger partial charge in [0.25, 0.3) is 0 Å². The minimum Gasteiger partial charge on any atom is -0.407 e. The molecule has 0 aliphatic rings. The highest BCUT2D eigenvalue weighted by Crippen LogP contribution is 2.44. The Morgan fingerprint density at radius 2 is 1.27 bits per heavy atom. The molecule has 0 aliphatic carbocycles. The number of fused-ring (bicyclic) bond motifs is 1. The largest absolute Gasteiger partial charge is 0.407 e. The molecule has 2 rings (SSSR count). The van der Waals surface area contributed by atoms with E-state index in [1.165, 1.54) is 6.07 Å². The van der Waals surface area contributed by atoms with E-state index in [1.54, 1.807) is 0 Å². The minimum absolute atomic E-state index is 0.0111. The van der Waals surface area contributed by atoms with Gasteiger partial charge in [-0.25, -0.2) is 0 Å². The summed E-state index contributed by atoms with van der Waals surface area (Å²) in [5.41, 5.74) is 22.1. The highest BCUT2D eigenvalue weighted by molar-refractivity contribution is 6.07. The average Bonchev–Trinajstić information content (AvgIpc) is 2.59. The Morgan fingerprint density at radius 1 is 0.727 bits per heavy atom. The Bertz CT molecular complexity index is 824. The van der Waals surface area contributed by atoms with Crippen molar-refractivity contribution in [2.75, 3.05) is 22.9 Å². The van der Waals surface area contributed by atoms with E-state index in [-0.39, 0.29) is 45.0 Å². The Morgan fingerprint density at radius 3 is 1.77 bits per heavy atom. The first-order chi connectivity index (χ1) is 10.4. The van der Waals surface area contributed by atoms with Crippen LogP contribution in [0.15, 0.2) is 10.9 Å². The summed E-state index contributed by atoms with van der Waals surface area (Å²) in [5, 5.41) is -0.0326. The van der Waals surface area contributed by atoms with Crippen LogP contribution in [0.1, 0.15) is 0 Å². The summed E-state index contributed by atoms with van der Waals surface area (Å²) in [6, 6.07) is 1.31. The van der Waals surface area contributed by atoms with Crippen LogP contribution < -0.4 is 60.6 Å². The lowest BCUT2D eigenvalue weighted by Crippen LogP contribution is -2.17. The van der Waals surface area contributed by atoms with E-state index in [2.05, 4.69) is 14.5 Å². The molecular weight excluding hydrogens is 294 g/mol. The van der Waals surface area contributed by atoms with Crippen molar-refractivity contribution in [2.24, 2.45) is 17.7 Å².